The predicted octanol–water partition coefficient (Wildman–Crippen LogP) is 3.81. The van der Waals surface area contributed by atoms with Crippen LogP contribution in [0.5, 0.6) is 11.5 Å². The number of aliphatic hydroxyl groups is 1. The van der Waals surface area contributed by atoms with E-state index < -0.39 is 18.4 Å². The lowest BCUT2D eigenvalue weighted by atomic mass is 9.85. The Morgan fingerprint density at radius 2 is 1.84 bits per heavy atom. The maximum absolute atomic E-state index is 12.3. The molecule has 1 fully saturated rings. The maximum Gasteiger partial charge on any atom is 0.422 e. The van der Waals surface area contributed by atoms with E-state index in [0.717, 1.165) is 31.2 Å². The number of rotatable bonds is 8. The molecule has 7 heteroatoms. The van der Waals surface area contributed by atoms with Gasteiger partial charge in [-0.1, -0.05) is 25.3 Å². The Morgan fingerprint density at radius 1 is 1.12 bits per heavy atom. The summed E-state index contributed by atoms with van der Waals surface area (Å²) in [5, 5.41) is 13.7. The molecular formula is C18H26F3NO3. The van der Waals surface area contributed by atoms with E-state index in [2.05, 4.69) is 5.32 Å². The Bertz CT molecular complexity index is 543. The van der Waals surface area contributed by atoms with E-state index in [4.69, 9.17) is 9.47 Å². The molecule has 0 aromatic heterocycles. The van der Waals surface area contributed by atoms with Crippen LogP contribution < -0.4 is 14.8 Å². The van der Waals surface area contributed by atoms with Gasteiger partial charge in [-0.15, -0.1) is 0 Å². The summed E-state index contributed by atoms with van der Waals surface area (Å²) in [6.07, 6.45) is 0.456. The second kappa shape index (κ2) is 8.76. The molecule has 0 amide bonds. The molecule has 0 aliphatic heterocycles. The van der Waals surface area contributed by atoms with E-state index in [-0.39, 0.29) is 5.75 Å². The Kier molecular flexibility index (Phi) is 6.95. The summed E-state index contributed by atoms with van der Waals surface area (Å²) in [4.78, 5) is 0. The van der Waals surface area contributed by atoms with Crippen molar-refractivity contribution in [3.05, 3.63) is 23.8 Å². The first-order valence-electron chi connectivity index (χ1n) is 8.70. The minimum atomic E-state index is -4.39. The SMILES string of the molecule is CCOc1cc(CNCC2(O)CCCCC2)ccc1OCC(F)(F)F. The summed E-state index contributed by atoms with van der Waals surface area (Å²) in [6, 6.07) is 4.86. The fourth-order valence-corrected chi connectivity index (χ4v) is 3.04. The molecule has 1 aromatic carbocycles. The maximum atomic E-state index is 12.3. The molecule has 0 atom stereocenters. The highest BCUT2D eigenvalue weighted by molar-refractivity contribution is 5.43. The van der Waals surface area contributed by atoms with Crippen molar-refractivity contribution in [3.63, 3.8) is 0 Å². The lowest BCUT2D eigenvalue weighted by molar-refractivity contribution is -0.153. The third-order valence-corrected chi connectivity index (χ3v) is 4.27. The zero-order valence-electron chi connectivity index (χ0n) is 14.5. The average molecular weight is 361 g/mol. The van der Waals surface area contributed by atoms with E-state index >= 15 is 0 Å². The number of benzene rings is 1. The smallest absolute Gasteiger partial charge is 0.422 e. The summed E-state index contributed by atoms with van der Waals surface area (Å²) in [6.45, 7) is 1.75. The number of hydrogen-bond acceptors (Lipinski definition) is 4. The minimum absolute atomic E-state index is 0.0776. The molecule has 0 bridgehead atoms. The zero-order valence-corrected chi connectivity index (χ0v) is 14.5. The summed E-state index contributed by atoms with van der Waals surface area (Å²) in [5.74, 6) is 0.372. The molecular weight excluding hydrogens is 335 g/mol. The first-order chi connectivity index (χ1) is 11.8. The molecule has 0 heterocycles. The highest BCUT2D eigenvalue weighted by Gasteiger charge is 2.29. The molecule has 0 spiro atoms. The van der Waals surface area contributed by atoms with Crippen molar-refractivity contribution < 1.29 is 27.8 Å². The van der Waals surface area contributed by atoms with Crippen molar-refractivity contribution in [3.8, 4) is 11.5 Å². The van der Waals surface area contributed by atoms with Gasteiger partial charge in [-0.3, -0.25) is 0 Å². The highest BCUT2D eigenvalue weighted by atomic mass is 19.4. The second-order valence-electron chi connectivity index (χ2n) is 6.51. The summed E-state index contributed by atoms with van der Waals surface area (Å²) in [7, 11) is 0. The van der Waals surface area contributed by atoms with Gasteiger partial charge < -0.3 is 19.9 Å². The molecule has 25 heavy (non-hydrogen) atoms. The number of halogens is 3. The average Bonchev–Trinajstić information content (AvgIpc) is 2.54. The predicted molar refractivity (Wildman–Crippen MR) is 88.9 cm³/mol. The van der Waals surface area contributed by atoms with E-state index in [9.17, 15) is 18.3 Å². The zero-order chi connectivity index (χ0) is 18.3. The topological polar surface area (TPSA) is 50.7 Å². The molecule has 0 unspecified atom stereocenters. The third-order valence-electron chi connectivity index (χ3n) is 4.27. The molecule has 4 nitrogen and oxygen atoms in total. The molecule has 142 valence electrons. The molecule has 0 radical (unpaired) electrons. The first kappa shape index (κ1) is 19.8. The molecule has 2 N–H and O–H groups in total. The molecule has 1 aromatic rings. The van der Waals surface area contributed by atoms with Gasteiger partial charge in [0.25, 0.3) is 0 Å². The number of hydrogen-bond donors (Lipinski definition) is 2. The standard InChI is InChI=1S/C18H26F3NO3/c1-2-24-16-10-14(6-7-15(16)25-13-18(19,20)21)11-22-12-17(23)8-4-3-5-9-17/h6-7,10,22-23H,2-5,8-9,11-13H2,1H3. The van der Waals surface area contributed by atoms with Gasteiger partial charge in [0.05, 0.1) is 12.2 Å². The van der Waals surface area contributed by atoms with Crippen LogP contribution in [0.15, 0.2) is 18.2 Å². The summed E-state index contributed by atoms with van der Waals surface area (Å²) in [5.41, 5.74) is 0.207. The van der Waals surface area contributed by atoms with E-state index in [1.54, 1.807) is 19.1 Å². The van der Waals surface area contributed by atoms with Crippen LogP contribution in [0.4, 0.5) is 13.2 Å². The van der Waals surface area contributed by atoms with Gasteiger partial charge in [0.1, 0.15) is 0 Å². The van der Waals surface area contributed by atoms with Crippen LogP contribution in [0.1, 0.15) is 44.6 Å². The second-order valence-corrected chi connectivity index (χ2v) is 6.51. The van der Waals surface area contributed by atoms with E-state index in [0.29, 0.717) is 25.4 Å². The van der Waals surface area contributed by atoms with Crippen molar-refractivity contribution in [1.82, 2.24) is 5.32 Å². The van der Waals surface area contributed by atoms with E-state index in [1.807, 2.05) is 0 Å². The molecule has 0 saturated heterocycles. The van der Waals surface area contributed by atoms with Crippen LogP contribution in [-0.4, -0.2) is 36.6 Å². The lowest BCUT2D eigenvalue weighted by Gasteiger charge is -2.32. The van der Waals surface area contributed by atoms with Crippen LogP contribution in [0.2, 0.25) is 0 Å². The van der Waals surface area contributed by atoms with Gasteiger partial charge in [0.2, 0.25) is 0 Å². The van der Waals surface area contributed by atoms with Crippen molar-refractivity contribution in [2.75, 3.05) is 19.8 Å². The van der Waals surface area contributed by atoms with Gasteiger partial charge in [-0.2, -0.15) is 13.2 Å². The van der Waals surface area contributed by atoms with Gasteiger partial charge in [0.15, 0.2) is 18.1 Å². The normalized spacial score (nSPS) is 17.3. The Balaban J connectivity index is 1.93. The van der Waals surface area contributed by atoms with Crippen LogP contribution in [0.25, 0.3) is 0 Å². The van der Waals surface area contributed by atoms with Gasteiger partial charge in [-0.05, 0) is 37.5 Å². The Labute approximate surface area is 146 Å². The van der Waals surface area contributed by atoms with Crippen molar-refractivity contribution in [1.29, 1.82) is 0 Å². The van der Waals surface area contributed by atoms with Gasteiger partial charge in [0, 0.05) is 13.1 Å². The van der Waals surface area contributed by atoms with Gasteiger partial charge >= 0.3 is 6.18 Å². The van der Waals surface area contributed by atoms with Crippen LogP contribution in [0, 0.1) is 0 Å². The molecule has 1 aliphatic carbocycles. The van der Waals surface area contributed by atoms with Crippen molar-refractivity contribution in [2.45, 2.75) is 57.3 Å². The lowest BCUT2D eigenvalue weighted by Crippen LogP contribution is -2.41. The van der Waals surface area contributed by atoms with Crippen molar-refractivity contribution >= 4 is 0 Å². The fourth-order valence-electron chi connectivity index (χ4n) is 3.04. The number of alkyl halides is 3. The van der Waals surface area contributed by atoms with E-state index in [1.165, 1.54) is 12.5 Å². The fraction of sp³-hybridized carbons (Fsp3) is 0.667. The Morgan fingerprint density at radius 3 is 2.48 bits per heavy atom. The monoisotopic (exact) mass is 361 g/mol. The summed E-state index contributed by atoms with van der Waals surface area (Å²) >= 11 is 0. The molecule has 1 aliphatic rings. The van der Waals surface area contributed by atoms with Crippen LogP contribution in [0.3, 0.4) is 0 Å². The number of nitrogens with one attached hydrogen (secondary N) is 1. The summed E-state index contributed by atoms with van der Waals surface area (Å²) < 4.78 is 47.2. The van der Waals surface area contributed by atoms with Crippen LogP contribution >= 0.6 is 0 Å². The number of ether oxygens (including phenoxy) is 2. The quantitative estimate of drug-likeness (QED) is 0.739. The molecule has 2 rings (SSSR count). The highest BCUT2D eigenvalue weighted by Crippen LogP contribution is 2.31. The largest absolute Gasteiger partial charge is 0.490 e. The van der Waals surface area contributed by atoms with Gasteiger partial charge in [-0.25, -0.2) is 0 Å². The third kappa shape index (κ3) is 6.74. The van der Waals surface area contributed by atoms with Crippen LogP contribution in [-0.2, 0) is 6.54 Å². The minimum Gasteiger partial charge on any atom is -0.490 e. The first-order valence-corrected chi connectivity index (χ1v) is 8.70. The Hall–Kier alpha value is -1.47. The van der Waals surface area contributed by atoms with Crippen molar-refractivity contribution in [2.24, 2.45) is 0 Å². The molecule has 1 saturated carbocycles.